The minimum atomic E-state index is -1.72. The second-order valence-electron chi connectivity index (χ2n) is 5.77. The standard InChI is InChI=1S/C15H19NO10/c1-23-6-2-3-7-8(4-6)24-15(13(21)16(7)22)26-14-12(20)11(19)10(18)9(5-17)25-14/h2-4,9-12,14-15,17-20,22H,5H2,1H3/t9-,10-,11+,12-,14+,15+/m0/s1. The second kappa shape index (κ2) is 7.32. The Labute approximate surface area is 147 Å². The molecule has 144 valence electrons. The predicted molar refractivity (Wildman–Crippen MR) is 81.5 cm³/mol. The molecule has 1 saturated heterocycles. The number of hydroxylamine groups is 1. The van der Waals surface area contributed by atoms with Crippen LogP contribution in [0.4, 0.5) is 5.69 Å². The third-order valence-electron chi connectivity index (χ3n) is 4.15. The lowest BCUT2D eigenvalue weighted by molar-refractivity contribution is -0.323. The van der Waals surface area contributed by atoms with Crippen LogP contribution >= 0.6 is 0 Å². The Bertz CT molecular complexity index is 668. The number of carbonyl (C=O) groups excluding carboxylic acids is 1. The van der Waals surface area contributed by atoms with E-state index in [9.17, 15) is 30.4 Å². The Morgan fingerprint density at radius 3 is 2.58 bits per heavy atom. The third kappa shape index (κ3) is 3.21. The van der Waals surface area contributed by atoms with E-state index in [4.69, 9.17) is 18.9 Å². The summed E-state index contributed by atoms with van der Waals surface area (Å²) >= 11 is 0. The summed E-state index contributed by atoms with van der Waals surface area (Å²) in [5.41, 5.74) is 0.0597. The van der Waals surface area contributed by atoms with E-state index in [-0.39, 0.29) is 11.4 Å². The van der Waals surface area contributed by atoms with E-state index in [1.807, 2.05) is 0 Å². The van der Waals surface area contributed by atoms with Crippen LogP contribution in [0.2, 0.25) is 0 Å². The van der Waals surface area contributed by atoms with Crippen LogP contribution < -0.4 is 14.5 Å². The highest BCUT2D eigenvalue weighted by atomic mass is 16.8. The maximum atomic E-state index is 12.2. The summed E-state index contributed by atoms with van der Waals surface area (Å²) in [5, 5.41) is 49.0. The van der Waals surface area contributed by atoms with Gasteiger partial charge in [0.05, 0.1) is 13.7 Å². The van der Waals surface area contributed by atoms with Gasteiger partial charge in [0.1, 0.15) is 35.9 Å². The van der Waals surface area contributed by atoms with Gasteiger partial charge in [-0.05, 0) is 12.1 Å². The highest BCUT2D eigenvalue weighted by Gasteiger charge is 2.47. The van der Waals surface area contributed by atoms with Gasteiger partial charge in [0, 0.05) is 6.07 Å². The van der Waals surface area contributed by atoms with Gasteiger partial charge in [-0.3, -0.25) is 10.0 Å². The number of anilines is 1. The first-order valence-corrected chi connectivity index (χ1v) is 7.71. The van der Waals surface area contributed by atoms with Crippen molar-refractivity contribution in [2.24, 2.45) is 0 Å². The average Bonchev–Trinajstić information content (AvgIpc) is 2.65. The molecule has 11 heteroatoms. The predicted octanol–water partition coefficient (Wildman–Crippen LogP) is -2.05. The summed E-state index contributed by atoms with van der Waals surface area (Å²) in [4.78, 5) is 12.2. The van der Waals surface area contributed by atoms with Crippen LogP contribution in [-0.4, -0.2) is 82.3 Å². The Kier molecular flexibility index (Phi) is 5.29. The number of nitrogens with zero attached hydrogens (tertiary/aromatic N) is 1. The molecule has 2 aliphatic rings. The van der Waals surface area contributed by atoms with Gasteiger partial charge in [-0.1, -0.05) is 0 Å². The minimum Gasteiger partial charge on any atom is -0.497 e. The van der Waals surface area contributed by atoms with Crippen molar-refractivity contribution in [3.05, 3.63) is 18.2 Å². The topological polar surface area (TPSA) is 158 Å². The van der Waals surface area contributed by atoms with Gasteiger partial charge in [-0.25, -0.2) is 0 Å². The lowest BCUT2D eigenvalue weighted by Gasteiger charge is -2.41. The molecule has 0 aliphatic carbocycles. The number of hydrogen-bond acceptors (Lipinski definition) is 10. The van der Waals surface area contributed by atoms with Gasteiger partial charge in [-0.2, -0.15) is 5.06 Å². The van der Waals surface area contributed by atoms with Crippen LogP contribution in [0.1, 0.15) is 0 Å². The summed E-state index contributed by atoms with van der Waals surface area (Å²) in [6, 6.07) is 4.32. The lowest BCUT2D eigenvalue weighted by atomic mass is 9.99. The van der Waals surface area contributed by atoms with Gasteiger partial charge in [0.25, 0.3) is 6.29 Å². The van der Waals surface area contributed by atoms with Gasteiger partial charge < -0.3 is 39.4 Å². The summed E-state index contributed by atoms with van der Waals surface area (Å²) in [6.07, 6.45) is -9.49. The average molecular weight is 373 g/mol. The Hall–Kier alpha value is -1.99. The van der Waals surface area contributed by atoms with Gasteiger partial charge >= 0.3 is 5.91 Å². The Morgan fingerprint density at radius 2 is 1.92 bits per heavy atom. The molecule has 0 bridgehead atoms. The van der Waals surface area contributed by atoms with E-state index in [1.54, 1.807) is 0 Å². The first-order valence-electron chi connectivity index (χ1n) is 7.71. The normalized spacial score (nSPS) is 34.2. The number of fused-ring (bicyclic) bond motifs is 1. The minimum absolute atomic E-state index is 0.0597. The molecule has 5 N–H and O–H groups in total. The van der Waals surface area contributed by atoms with Gasteiger partial charge in [0.2, 0.25) is 0 Å². The number of rotatable bonds is 4. The molecule has 2 aliphatic heterocycles. The Morgan fingerprint density at radius 1 is 1.19 bits per heavy atom. The number of aliphatic hydroxyl groups excluding tert-OH is 4. The smallest absolute Gasteiger partial charge is 0.320 e. The van der Waals surface area contributed by atoms with Crippen molar-refractivity contribution in [2.45, 2.75) is 37.0 Å². The molecular weight excluding hydrogens is 354 g/mol. The van der Waals surface area contributed by atoms with Crippen LogP contribution in [0.15, 0.2) is 18.2 Å². The SMILES string of the molecule is COc1ccc2c(c1)O[C@H](O[C@H]1O[C@@H](CO)[C@H](O)[C@@H](O)[C@@H]1O)C(=O)N2O. The molecule has 2 heterocycles. The van der Waals surface area contributed by atoms with E-state index in [1.165, 1.54) is 25.3 Å². The number of amides is 1. The Balaban J connectivity index is 1.80. The molecule has 26 heavy (non-hydrogen) atoms. The van der Waals surface area contributed by atoms with Crippen LogP contribution in [0, 0.1) is 0 Å². The molecule has 0 aromatic heterocycles. The van der Waals surface area contributed by atoms with Crippen molar-refractivity contribution in [1.29, 1.82) is 0 Å². The monoisotopic (exact) mass is 373 g/mol. The third-order valence-corrected chi connectivity index (χ3v) is 4.15. The molecule has 1 aromatic rings. The van der Waals surface area contributed by atoms with Crippen molar-refractivity contribution < 1.29 is 49.4 Å². The van der Waals surface area contributed by atoms with Crippen molar-refractivity contribution >= 4 is 11.6 Å². The zero-order valence-corrected chi connectivity index (χ0v) is 13.6. The van der Waals surface area contributed by atoms with E-state index in [0.29, 0.717) is 10.8 Å². The first kappa shape index (κ1) is 18.8. The van der Waals surface area contributed by atoms with Crippen LogP contribution in [0.25, 0.3) is 0 Å². The maximum Gasteiger partial charge on any atom is 0.320 e. The molecular formula is C15H19NO10. The van der Waals surface area contributed by atoms with Crippen LogP contribution in [0.5, 0.6) is 11.5 Å². The zero-order chi connectivity index (χ0) is 19.0. The maximum absolute atomic E-state index is 12.2. The molecule has 1 amide bonds. The molecule has 6 atom stereocenters. The molecule has 0 saturated carbocycles. The summed E-state index contributed by atoms with van der Waals surface area (Å²) < 4.78 is 20.8. The molecule has 0 spiro atoms. The van der Waals surface area contributed by atoms with E-state index in [0.717, 1.165) is 0 Å². The lowest BCUT2D eigenvalue weighted by Crippen LogP contribution is -2.61. The number of carbonyl (C=O) groups is 1. The molecule has 11 nitrogen and oxygen atoms in total. The van der Waals surface area contributed by atoms with Crippen molar-refractivity contribution in [3.63, 3.8) is 0 Å². The molecule has 3 rings (SSSR count). The first-order chi connectivity index (χ1) is 12.4. The molecule has 0 unspecified atom stereocenters. The number of benzene rings is 1. The van der Waals surface area contributed by atoms with Crippen LogP contribution in [0.3, 0.4) is 0 Å². The van der Waals surface area contributed by atoms with E-state index >= 15 is 0 Å². The zero-order valence-electron chi connectivity index (χ0n) is 13.6. The van der Waals surface area contributed by atoms with Crippen molar-refractivity contribution in [2.75, 3.05) is 18.8 Å². The fourth-order valence-electron chi connectivity index (χ4n) is 2.66. The molecule has 1 fully saturated rings. The highest BCUT2D eigenvalue weighted by molar-refractivity contribution is 5.97. The van der Waals surface area contributed by atoms with Gasteiger partial charge in [0.15, 0.2) is 12.0 Å². The van der Waals surface area contributed by atoms with Crippen molar-refractivity contribution in [3.8, 4) is 11.5 Å². The molecule has 1 aromatic carbocycles. The van der Waals surface area contributed by atoms with Crippen LogP contribution in [-0.2, 0) is 14.3 Å². The summed E-state index contributed by atoms with van der Waals surface area (Å²) in [6.45, 7) is -0.656. The quantitative estimate of drug-likeness (QED) is 0.372. The number of ether oxygens (including phenoxy) is 4. The number of methoxy groups -OCH3 is 1. The largest absolute Gasteiger partial charge is 0.497 e. The molecule has 0 radical (unpaired) electrons. The van der Waals surface area contributed by atoms with Crippen molar-refractivity contribution in [1.82, 2.24) is 0 Å². The fourth-order valence-corrected chi connectivity index (χ4v) is 2.66. The van der Waals surface area contributed by atoms with E-state index < -0.39 is 49.5 Å². The number of hydrogen-bond donors (Lipinski definition) is 5. The fraction of sp³-hybridized carbons (Fsp3) is 0.533. The highest BCUT2D eigenvalue weighted by Crippen LogP contribution is 2.37. The second-order valence-corrected chi connectivity index (χ2v) is 5.77. The van der Waals surface area contributed by atoms with E-state index in [2.05, 4.69) is 0 Å². The summed E-state index contributed by atoms with van der Waals surface area (Å²) in [5.74, 6) is -0.529. The summed E-state index contributed by atoms with van der Waals surface area (Å²) in [7, 11) is 1.42. The van der Waals surface area contributed by atoms with Gasteiger partial charge in [-0.15, -0.1) is 0 Å². The number of aliphatic hydroxyl groups is 4.